The molecule has 2 bridgehead atoms. The van der Waals surface area contributed by atoms with Gasteiger partial charge in [-0.3, -0.25) is 4.90 Å². The fourth-order valence-electron chi connectivity index (χ4n) is 2.16. The van der Waals surface area contributed by atoms with Gasteiger partial charge in [0.25, 0.3) is 0 Å². The predicted molar refractivity (Wildman–Crippen MR) is 47.5 cm³/mol. The van der Waals surface area contributed by atoms with Gasteiger partial charge in [-0.25, -0.2) is 0 Å². The Labute approximate surface area is 69.1 Å². The van der Waals surface area contributed by atoms with Gasteiger partial charge in [0.15, 0.2) is 0 Å². The van der Waals surface area contributed by atoms with Gasteiger partial charge in [0.05, 0.1) is 0 Å². The van der Waals surface area contributed by atoms with Crippen LogP contribution in [0, 0.1) is 5.92 Å². The van der Waals surface area contributed by atoms with Gasteiger partial charge < -0.3 is 0 Å². The van der Waals surface area contributed by atoms with Gasteiger partial charge in [0, 0.05) is 13.1 Å². The molecule has 1 fully saturated rings. The van der Waals surface area contributed by atoms with Gasteiger partial charge in [-0.2, -0.15) is 0 Å². The first-order valence-corrected chi connectivity index (χ1v) is 4.84. The largest absolute Gasteiger partial charge is 0.299 e. The summed E-state index contributed by atoms with van der Waals surface area (Å²) in [5, 5.41) is 0. The minimum absolute atomic E-state index is 0.879. The topological polar surface area (TPSA) is 3.24 Å². The first-order chi connectivity index (χ1) is 5.45. The van der Waals surface area contributed by atoms with Gasteiger partial charge in [0.2, 0.25) is 0 Å². The zero-order valence-corrected chi connectivity index (χ0v) is 7.13. The Kier molecular flexibility index (Phi) is 2.27. The highest BCUT2D eigenvalue weighted by molar-refractivity contribution is 4.97. The standard InChI is InChI=1S/C10H17N/c1-2-5-10-6-4-8-11(9-10)7-3-1/h4,6,10H,1-3,5,7-9H2. The summed E-state index contributed by atoms with van der Waals surface area (Å²) >= 11 is 0. The summed E-state index contributed by atoms with van der Waals surface area (Å²) in [7, 11) is 0. The minimum Gasteiger partial charge on any atom is -0.299 e. The third-order valence-corrected chi connectivity index (χ3v) is 2.81. The zero-order valence-electron chi connectivity index (χ0n) is 7.13. The van der Waals surface area contributed by atoms with Crippen molar-refractivity contribution in [3.05, 3.63) is 12.2 Å². The number of hydrogen-bond acceptors (Lipinski definition) is 1. The van der Waals surface area contributed by atoms with Crippen LogP contribution in [-0.4, -0.2) is 24.5 Å². The van der Waals surface area contributed by atoms with E-state index < -0.39 is 0 Å². The van der Waals surface area contributed by atoms with E-state index in [9.17, 15) is 0 Å². The molecule has 0 spiro atoms. The highest BCUT2D eigenvalue weighted by atomic mass is 15.1. The fraction of sp³-hybridized carbons (Fsp3) is 0.800. The van der Waals surface area contributed by atoms with Crippen LogP contribution < -0.4 is 0 Å². The molecule has 1 heteroatoms. The molecule has 2 rings (SSSR count). The van der Waals surface area contributed by atoms with E-state index >= 15 is 0 Å². The van der Waals surface area contributed by atoms with Crippen LogP contribution in [-0.2, 0) is 0 Å². The van der Waals surface area contributed by atoms with Crippen molar-refractivity contribution in [2.45, 2.75) is 25.7 Å². The molecule has 0 N–H and O–H groups in total. The summed E-state index contributed by atoms with van der Waals surface area (Å²) < 4.78 is 0. The Balaban J connectivity index is 1.99. The van der Waals surface area contributed by atoms with E-state index in [4.69, 9.17) is 0 Å². The van der Waals surface area contributed by atoms with Gasteiger partial charge in [0.1, 0.15) is 0 Å². The van der Waals surface area contributed by atoms with Crippen LogP contribution in [0.5, 0.6) is 0 Å². The molecule has 1 saturated heterocycles. The third-order valence-electron chi connectivity index (χ3n) is 2.81. The summed E-state index contributed by atoms with van der Waals surface area (Å²) in [6.45, 7) is 3.87. The van der Waals surface area contributed by atoms with E-state index in [1.54, 1.807) is 0 Å². The van der Waals surface area contributed by atoms with Crippen molar-refractivity contribution >= 4 is 0 Å². The van der Waals surface area contributed by atoms with E-state index in [1.165, 1.54) is 45.3 Å². The Morgan fingerprint density at radius 2 is 2.18 bits per heavy atom. The van der Waals surface area contributed by atoms with Crippen molar-refractivity contribution in [3.63, 3.8) is 0 Å². The van der Waals surface area contributed by atoms with E-state index in [0.717, 1.165) is 5.92 Å². The first-order valence-electron chi connectivity index (χ1n) is 4.84. The van der Waals surface area contributed by atoms with Crippen LogP contribution >= 0.6 is 0 Å². The summed E-state index contributed by atoms with van der Waals surface area (Å²) in [6.07, 6.45) is 10.5. The molecule has 2 aliphatic rings. The average Bonchev–Trinajstić information content (AvgIpc) is 2.02. The molecule has 0 radical (unpaired) electrons. The lowest BCUT2D eigenvalue weighted by Gasteiger charge is -2.30. The van der Waals surface area contributed by atoms with Crippen LogP contribution in [0.2, 0.25) is 0 Å². The molecule has 11 heavy (non-hydrogen) atoms. The number of fused-ring (bicyclic) bond motifs is 2. The summed E-state index contributed by atoms with van der Waals surface area (Å²) in [5.41, 5.74) is 0. The van der Waals surface area contributed by atoms with Gasteiger partial charge in [-0.05, 0) is 25.3 Å². The molecule has 0 saturated carbocycles. The van der Waals surface area contributed by atoms with Crippen LogP contribution in [0.4, 0.5) is 0 Å². The van der Waals surface area contributed by atoms with Gasteiger partial charge >= 0.3 is 0 Å². The van der Waals surface area contributed by atoms with Gasteiger partial charge in [-0.1, -0.05) is 25.0 Å². The first kappa shape index (κ1) is 7.35. The monoisotopic (exact) mass is 151 g/mol. The highest BCUT2D eigenvalue weighted by Crippen LogP contribution is 2.20. The molecule has 62 valence electrons. The molecular weight excluding hydrogens is 134 g/mol. The molecule has 2 aliphatic heterocycles. The molecule has 0 amide bonds. The van der Waals surface area contributed by atoms with E-state index in [-0.39, 0.29) is 0 Å². The second-order valence-corrected chi connectivity index (χ2v) is 3.80. The summed E-state index contributed by atoms with van der Waals surface area (Å²) in [5.74, 6) is 0.879. The smallest absolute Gasteiger partial charge is 0.0163 e. The lowest BCUT2D eigenvalue weighted by molar-refractivity contribution is 0.229. The molecule has 0 aromatic rings. The van der Waals surface area contributed by atoms with Crippen LogP contribution in [0.3, 0.4) is 0 Å². The molecular formula is C10H17N. The lowest BCUT2D eigenvalue weighted by atomic mass is 9.95. The molecule has 0 aromatic heterocycles. The van der Waals surface area contributed by atoms with Crippen LogP contribution in [0.1, 0.15) is 25.7 Å². The maximum Gasteiger partial charge on any atom is 0.0163 e. The molecule has 2 heterocycles. The second-order valence-electron chi connectivity index (χ2n) is 3.80. The maximum atomic E-state index is 2.59. The quantitative estimate of drug-likeness (QED) is 0.479. The Hall–Kier alpha value is -0.300. The Morgan fingerprint density at radius 1 is 1.18 bits per heavy atom. The number of hydrogen-bond donors (Lipinski definition) is 0. The zero-order chi connectivity index (χ0) is 7.52. The summed E-state index contributed by atoms with van der Waals surface area (Å²) in [4.78, 5) is 2.59. The van der Waals surface area contributed by atoms with Gasteiger partial charge in [-0.15, -0.1) is 0 Å². The Bertz CT molecular complexity index is 151. The fourth-order valence-corrected chi connectivity index (χ4v) is 2.16. The summed E-state index contributed by atoms with van der Waals surface area (Å²) in [6, 6.07) is 0. The minimum atomic E-state index is 0.879. The number of rotatable bonds is 0. The highest BCUT2D eigenvalue weighted by Gasteiger charge is 2.16. The van der Waals surface area contributed by atoms with Crippen molar-refractivity contribution in [1.29, 1.82) is 0 Å². The normalized spacial score (nSPS) is 37.8. The molecule has 2 atom stereocenters. The van der Waals surface area contributed by atoms with Crippen molar-refractivity contribution in [1.82, 2.24) is 4.90 Å². The SMILES string of the molecule is C1=CC2CCCCCN(C1)C2. The average molecular weight is 151 g/mol. The van der Waals surface area contributed by atoms with Crippen molar-refractivity contribution in [3.8, 4) is 0 Å². The Morgan fingerprint density at radius 3 is 3.18 bits per heavy atom. The van der Waals surface area contributed by atoms with Crippen LogP contribution in [0.15, 0.2) is 12.2 Å². The molecule has 2 unspecified atom stereocenters. The predicted octanol–water partition coefficient (Wildman–Crippen LogP) is 2.05. The van der Waals surface area contributed by atoms with Crippen molar-refractivity contribution < 1.29 is 0 Å². The molecule has 1 nitrogen and oxygen atoms in total. The van der Waals surface area contributed by atoms with Crippen molar-refractivity contribution in [2.75, 3.05) is 19.6 Å². The van der Waals surface area contributed by atoms with E-state index in [1.807, 2.05) is 0 Å². The third kappa shape index (κ3) is 1.84. The van der Waals surface area contributed by atoms with E-state index in [0.29, 0.717) is 0 Å². The molecule has 0 aromatic carbocycles. The second kappa shape index (κ2) is 3.40. The van der Waals surface area contributed by atoms with E-state index in [2.05, 4.69) is 17.1 Å². The van der Waals surface area contributed by atoms with Crippen molar-refractivity contribution in [2.24, 2.45) is 5.92 Å². The number of nitrogens with zero attached hydrogens (tertiary/aromatic N) is 1. The van der Waals surface area contributed by atoms with Crippen LogP contribution in [0.25, 0.3) is 0 Å². The molecule has 0 aliphatic carbocycles. The lowest BCUT2D eigenvalue weighted by Crippen LogP contribution is -2.34. The maximum absolute atomic E-state index is 2.59.